The zero-order chi connectivity index (χ0) is 49.4. The first-order chi connectivity index (χ1) is 37.2. The van der Waals surface area contributed by atoms with Gasteiger partial charge in [-0.1, -0.05) is 188 Å². The summed E-state index contributed by atoms with van der Waals surface area (Å²) < 4.78 is 7.45. The lowest BCUT2D eigenvalue weighted by molar-refractivity contribution is 0.674. The Hall–Kier alpha value is -9.78. The van der Waals surface area contributed by atoms with E-state index < -0.39 is 0 Å². The van der Waals surface area contributed by atoms with Crippen molar-refractivity contribution in [2.75, 3.05) is 0 Å². The Bertz CT molecular complexity index is 4480. The molecule has 1 N–H and O–H groups in total. The van der Waals surface area contributed by atoms with E-state index in [1.165, 1.54) is 60.3 Å². The summed E-state index contributed by atoms with van der Waals surface area (Å²) >= 11 is 0. The van der Waals surface area contributed by atoms with Crippen LogP contribution in [0.25, 0.3) is 99.9 Å². The molecule has 75 heavy (non-hydrogen) atoms. The summed E-state index contributed by atoms with van der Waals surface area (Å²) in [4.78, 5) is 10.7. The monoisotopic (exact) mass is 960 g/mol. The zero-order valence-corrected chi connectivity index (χ0v) is 41.0. The van der Waals surface area contributed by atoms with Gasteiger partial charge in [-0.2, -0.15) is 0 Å². The summed E-state index contributed by atoms with van der Waals surface area (Å²) in [5.41, 5.74) is 19.2. The molecule has 1 aliphatic heterocycles. The maximum absolute atomic E-state index is 5.46. The standard InChI is InChI=1S/C69H48N6/c1-5-22-45(23-6-1)48-40-41-56(69-71-67(46-24-7-2-8-25-46)70-68(72-69)47-26-9-3-10-27-47)63(42-48)75-61-38-20-16-33-55(61)66-57(43-50(44-64(66)75)74-58-35-17-13-30-51(58)52-31-14-18-36-59(52)74)53-34-21-39-62-65(53)54-32-15-19-37-60(54)73(62)49-28-11-4-12-29-49/h1-13,15-30,32-44,67H,14,31H2,(H,70,71,72). The molecule has 354 valence electrons. The molecule has 0 amide bonds. The van der Waals surface area contributed by atoms with Gasteiger partial charge >= 0.3 is 0 Å². The van der Waals surface area contributed by atoms with Gasteiger partial charge < -0.3 is 19.0 Å². The molecule has 1 atom stereocenters. The SMILES string of the molecule is C1=Cc2c(c3ccccc3n2-c2cc(-c3cccc4c3c3ccccc3n4-c3ccccc3)c3c4ccccc4n(-c4cc(-c5ccccc5)ccc4C4=NC(c5ccccc5)=NC(c5ccccc5)N4)c3c2)CC1. The normalized spacial score (nSPS) is 14.4. The first-order valence-corrected chi connectivity index (χ1v) is 25.9. The summed E-state index contributed by atoms with van der Waals surface area (Å²) in [6.45, 7) is 0. The predicted octanol–water partition coefficient (Wildman–Crippen LogP) is 16.6. The van der Waals surface area contributed by atoms with Crippen molar-refractivity contribution in [1.82, 2.24) is 19.0 Å². The van der Waals surface area contributed by atoms with E-state index in [-0.39, 0.29) is 6.17 Å². The number of aliphatic imine (C=N–C) groups is 2. The van der Waals surface area contributed by atoms with Crippen molar-refractivity contribution in [3.05, 3.63) is 277 Å². The van der Waals surface area contributed by atoms with Crippen molar-refractivity contribution in [2.24, 2.45) is 9.98 Å². The molecule has 2 aliphatic rings. The first kappa shape index (κ1) is 42.9. The minimum absolute atomic E-state index is 0.369. The Kier molecular flexibility index (Phi) is 9.98. The molecular formula is C69H48N6. The molecule has 0 saturated carbocycles. The van der Waals surface area contributed by atoms with Crippen LogP contribution < -0.4 is 5.32 Å². The Morgan fingerprint density at radius 3 is 1.75 bits per heavy atom. The number of rotatable bonds is 8. The van der Waals surface area contributed by atoms with Crippen molar-refractivity contribution in [1.29, 1.82) is 0 Å². The van der Waals surface area contributed by atoms with Gasteiger partial charge in [-0.15, -0.1) is 0 Å². The highest BCUT2D eigenvalue weighted by molar-refractivity contribution is 6.23. The van der Waals surface area contributed by atoms with Gasteiger partial charge in [-0.3, -0.25) is 0 Å². The molecule has 0 spiro atoms. The largest absolute Gasteiger partial charge is 0.344 e. The van der Waals surface area contributed by atoms with Gasteiger partial charge in [0.25, 0.3) is 0 Å². The molecule has 15 rings (SSSR count). The smallest absolute Gasteiger partial charge is 0.159 e. The van der Waals surface area contributed by atoms with Gasteiger partial charge in [0, 0.05) is 55.1 Å². The lowest BCUT2D eigenvalue weighted by Gasteiger charge is -2.25. The van der Waals surface area contributed by atoms with Crippen LogP contribution >= 0.6 is 0 Å². The second-order valence-electron chi connectivity index (χ2n) is 19.6. The average molecular weight is 961 g/mol. The van der Waals surface area contributed by atoms with Crippen LogP contribution in [0.5, 0.6) is 0 Å². The minimum atomic E-state index is -0.369. The highest BCUT2D eigenvalue weighted by Gasteiger charge is 2.28. The molecule has 13 aromatic rings. The molecule has 1 aliphatic carbocycles. The van der Waals surface area contributed by atoms with Crippen LogP contribution in [-0.2, 0) is 6.42 Å². The van der Waals surface area contributed by atoms with Gasteiger partial charge in [0.1, 0.15) is 12.0 Å². The molecule has 4 heterocycles. The zero-order valence-electron chi connectivity index (χ0n) is 41.0. The number of hydrogen-bond donors (Lipinski definition) is 1. The molecule has 0 radical (unpaired) electrons. The lowest BCUT2D eigenvalue weighted by atomic mass is 9.94. The number of fused-ring (bicyclic) bond motifs is 9. The second kappa shape index (κ2) is 17.5. The van der Waals surface area contributed by atoms with E-state index in [1.807, 2.05) is 6.07 Å². The number of allylic oxidation sites excluding steroid dienone is 1. The summed E-state index contributed by atoms with van der Waals surface area (Å²) in [6, 6.07) is 87.8. The van der Waals surface area contributed by atoms with Crippen molar-refractivity contribution in [3.63, 3.8) is 0 Å². The van der Waals surface area contributed by atoms with Crippen molar-refractivity contribution in [3.8, 4) is 39.3 Å². The fourth-order valence-corrected chi connectivity index (χ4v) is 12.1. The maximum Gasteiger partial charge on any atom is 0.159 e. The molecule has 6 nitrogen and oxygen atoms in total. The Balaban J connectivity index is 1.08. The molecule has 0 saturated heterocycles. The van der Waals surface area contributed by atoms with Crippen LogP contribution in [0.1, 0.15) is 40.5 Å². The number of nitrogens with one attached hydrogen (secondary N) is 1. The van der Waals surface area contributed by atoms with E-state index >= 15 is 0 Å². The molecule has 0 bridgehead atoms. The predicted molar refractivity (Wildman–Crippen MR) is 312 cm³/mol. The van der Waals surface area contributed by atoms with Gasteiger partial charge in [0.05, 0.1) is 33.3 Å². The number of hydrogen-bond acceptors (Lipinski definition) is 3. The van der Waals surface area contributed by atoms with Crippen molar-refractivity contribution < 1.29 is 0 Å². The summed E-state index contributed by atoms with van der Waals surface area (Å²) in [5, 5.41) is 9.94. The van der Waals surface area contributed by atoms with E-state index in [2.05, 4.69) is 268 Å². The highest BCUT2D eigenvalue weighted by Crippen LogP contribution is 2.47. The van der Waals surface area contributed by atoms with Crippen LogP contribution in [0, 0.1) is 0 Å². The van der Waals surface area contributed by atoms with Crippen LogP contribution in [0.4, 0.5) is 0 Å². The molecule has 0 fully saturated rings. The molecular weight excluding hydrogens is 913 g/mol. The van der Waals surface area contributed by atoms with Crippen LogP contribution in [0.2, 0.25) is 0 Å². The third-order valence-electron chi connectivity index (χ3n) is 15.4. The van der Waals surface area contributed by atoms with Crippen molar-refractivity contribution in [2.45, 2.75) is 19.0 Å². The van der Waals surface area contributed by atoms with Crippen LogP contribution in [0.15, 0.2) is 259 Å². The number of nitrogens with zero attached hydrogens (tertiary/aromatic N) is 5. The maximum atomic E-state index is 5.46. The number of amidine groups is 2. The topological polar surface area (TPSA) is 51.5 Å². The van der Waals surface area contributed by atoms with Gasteiger partial charge in [0.2, 0.25) is 0 Å². The second-order valence-corrected chi connectivity index (χ2v) is 19.6. The molecule has 3 aromatic heterocycles. The van der Waals surface area contributed by atoms with Gasteiger partial charge in [-0.25, -0.2) is 9.98 Å². The fourth-order valence-electron chi connectivity index (χ4n) is 12.1. The number of aryl methyl sites for hydroxylation is 1. The van der Waals surface area contributed by atoms with E-state index in [0.29, 0.717) is 5.84 Å². The number of benzene rings is 10. The minimum Gasteiger partial charge on any atom is -0.344 e. The van der Waals surface area contributed by atoms with Crippen LogP contribution in [0.3, 0.4) is 0 Å². The van der Waals surface area contributed by atoms with E-state index in [9.17, 15) is 0 Å². The molecule has 10 aromatic carbocycles. The Morgan fingerprint density at radius 2 is 1.01 bits per heavy atom. The Morgan fingerprint density at radius 1 is 0.413 bits per heavy atom. The van der Waals surface area contributed by atoms with E-state index in [1.54, 1.807) is 0 Å². The summed E-state index contributed by atoms with van der Waals surface area (Å²) in [5.74, 6) is 1.44. The van der Waals surface area contributed by atoms with Crippen LogP contribution in [-0.4, -0.2) is 25.4 Å². The molecule has 1 unspecified atom stereocenters. The summed E-state index contributed by atoms with van der Waals surface area (Å²) in [6.07, 6.45) is 6.33. The lowest BCUT2D eigenvalue weighted by Crippen LogP contribution is -2.34. The van der Waals surface area contributed by atoms with Gasteiger partial charge in [-0.05, 0) is 113 Å². The van der Waals surface area contributed by atoms with Gasteiger partial charge in [0.15, 0.2) is 5.84 Å². The number of aromatic nitrogens is 3. The fraction of sp³-hybridized carbons (Fsp3) is 0.0435. The highest BCUT2D eigenvalue weighted by atomic mass is 15.2. The van der Waals surface area contributed by atoms with Crippen molar-refractivity contribution >= 4 is 72.3 Å². The third kappa shape index (κ3) is 6.94. The van der Waals surface area contributed by atoms with E-state index in [4.69, 9.17) is 9.98 Å². The van der Waals surface area contributed by atoms with E-state index in [0.717, 1.165) is 80.1 Å². The molecule has 6 heteroatoms. The summed E-state index contributed by atoms with van der Waals surface area (Å²) in [7, 11) is 0. The third-order valence-corrected chi connectivity index (χ3v) is 15.4. The Labute approximate surface area is 434 Å². The first-order valence-electron chi connectivity index (χ1n) is 25.9. The number of para-hydroxylation sites is 4. The average Bonchev–Trinajstić information content (AvgIpc) is 4.23. The quantitative estimate of drug-likeness (QED) is 0.162.